The fourth-order valence-corrected chi connectivity index (χ4v) is 3.72. The van der Waals surface area contributed by atoms with E-state index in [9.17, 15) is 22.4 Å². The Morgan fingerprint density at radius 2 is 1.75 bits per heavy atom. The van der Waals surface area contributed by atoms with Crippen LogP contribution in [0.1, 0.15) is 15.9 Å². The van der Waals surface area contributed by atoms with Crippen LogP contribution >= 0.6 is 23.1 Å². The maximum atomic E-state index is 12.9. The average Bonchev–Trinajstić information content (AvgIpc) is 3.08. The summed E-state index contributed by atoms with van der Waals surface area (Å²) in [6.07, 6.45) is -4.79. The van der Waals surface area contributed by atoms with Gasteiger partial charge in [-0.25, -0.2) is 4.39 Å². The van der Waals surface area contributed by atoms with Crippen LogP contribution < -0.4 is 10.1 Å². The molecule has 3 rings (SSSR count). The minimum absolute atomic E-state index is 0.144. The van der Waals surface area contributed by atoms with E-state index >= 15 is 0 Å². The van der Waals surface area contributed by atoms with Crippen LogP contribution in [0.15, 0.2) is 52.9 Å². The van der Waals surface area contributed by atoms with Crippen molar-refractivity contribution in [2.45, 2.75) is 16.5 Å². The summed E-state index contributed by atoms with van der Waals surface area (Å²) in [6, 6.07) is 10.6. The summed E-state index contributed by atoms with van der Waals surface area (Å²) in [6.45, 7) is 0. The Morgan fingerprint density at radius 3 is 2.39 bits per heavy atom. The van der Waals surface area contributed by atoms with Crippen molar-refractivity contribution in [3.8, 4) is 5.75 Å². The number of anilines is 1. The molecule has 1 N–H and O–H groups in total. The maximum absolute atomic E-state index is 12.9. The summed E-state index contributed by atoms with van der Waals surface area (Å²) in [7, 11) is 0. The number of hydrogen-bond donors (Lipinski definition) is 1. The molecule has 0 aliphatic carbocycles. The summed E-state index contributed by atoms with van der Waals surface area (Å²) in [4.78, 5) is 12.2. The Kier molecular flexibility index (Phi) is 6.15. The normalized spacial score (nSPS) is 11.3. The molecule has 1 heterocycles. The van der Waals surface area contributed by atoms with E-state index in [1.807, 2.05) is 0 Å². The molecule has 0 saturated heterocycles. The van der Waals surface area contributed by atoms with Gasteiger partial charge in [0.25, 0.3) is 5.91 Å². The quantitative estimate of drug-likeness (QED) is 0.335. The smallest absolute Gasteiger partial charge is 0.406 e. The van der Waals surface area contributed by atoms with Gasteiger partial charge in [0.2, 0.25) is 5.13 Å². The van der Waals surface area contributed by atoms with Crippen LogP contribution in [-0.2, 0) is 5.75 Å². The fraction of sp³-hybridized carbons (Fsp3) is 0.118. The first-order chi connectivity index (χ1) is 13.3. The lowest BCUT2D eigenvalue weighted by molar-refractivity contribution is -0.274. The van der Waals surface area contributed by atoms with Gasteiger partial charge in [-0.1, -0.05) is 35.2 Å². The van der Waals surface area contributed by atoms with Crippen LogP contribution in [0, 0.1) is 5.82 Å². The fourth-order valence-electron chi connectivity index (χ4n) is 2.02. The van der Waals surface area contributed by atoms with Crippen LogP contribution in [-0.4, -0.2) is 22.5 Å². The molecule has 0 spiro atoms. The van der Waals surface area contributed by atoms with Gasteiger partial charge in [0.15, 0.2) is 4.34 Å². The third-order valence-corrected chi connectivity index (χ3v) is 5.30. The molecule has 0 saturated carbocycles. The number of halogens is 4. The molecule has 11 heteroatoms. The number of nitrogens with zero attached hydrogens (tertiary/aromatic N) is 2. The molecule has 1 amide bonds. The van der Waals surface area contributed by atoms with Crippen molar-refractivity contribution in [2.24, 2.45) is 0 Å². The van der Waals surface area contributed by atoms with Gasteiger partial charge in [-0.05, 0) is 42.0 Å². The molecule has 3 aromatic rings. The molecule has 0 bridgehead atoms. The minimum atomic E-state index is -4.79. The lowest BCUT2D eigenvalue weighted by Gasteiger charge is -2.08. The molecule has 0 unspecified atom stereocenters. The molecule has 1 aromatic heterocycles. The highest BCUT2D eigenvalue weighted by atomic mass is 32.2. The second kappa shape index (κ2) is 8.57. The van der Waals surface area contributed by atoms with Crippen molar-refractivity contribution >= 4 is 34.1 Å². The zero-order valence-corrected chi connectivity index (χ0v) is 15.5. The predicted molar refractivity (Wildman–Crippen MR) is 96.9 cm³/mol. The zero-order valence-electron chi connectivity index (χ0n) is 13.9. The minimum Gasteiger partial charge on any atom is -0.406 e. The lowest BCUT2D eigenvalue weighted by atomic mass is 10.2. The van der Waals surface area contributed by atoms with Crippen LogP contribution in [0.25, 0.3) is 0 Å². The Morgan fingerprint density at radius 1 is 1.07 bits per heavy atom. The largest absolute Gasteiger partial charge is 0.573 e. The van der Waals surface area contributed by atoms with E-state index in [-0.39, 0.29) is 16.5 Å². The molecular weight excluding hydrogens is 418 g/mol. The summed E-state index contributed by atoms with van der Waals surface area (Å²) >= 11 is 2.53. The summed E-state index contributed by atoms with van der Waals surface area (Å²) in [5.41, 5.74) is 1.05. The molecule has 28 heavy (non-hydrogen) atoms. The first-order valence-corrected chi connectivity index (χ1v) is 9.46. The number of benzene rings is 2. The number of hydrogen-bond acceptors (Lipinski definition) is 6. The van der Waals surface area contributed by atoms with Gasteiger partial charge in [-0.2, -0.15) is 0 Å². The molecule has 5 nitrogen and oxygen atoms in total. The summed E-state index contributed by atoms with van der Waals surface area (Å²) < 4.78 is 53.7. The van der Waals surface area contributed by atoms with E-state index < -0.39 is 18.0 Å². The Balaban J connectivity index is 1.55. The van der Waals surface area contributed by atoms with Crippen molar-refractivity contribution in [3.05, 3.63) is 65.5 Å². The van der Waals surface area contributed by atoms with E-state index in [4.69, 9.17) is 0 Å². The number of rotatable bonds is 6. The van der Waals surface area contributed by atoms with E-state index in [2.05, 4.69) is 20.3 Å². The van der Waals surface area contributed by atoms with E-state index in [0.717, 1.165) is 29.0 Å². The molecule has 2 aromatic carbocycles. The standard InChI is InChI=1S/C17H11F4N3O2S2/c18-12-5-1-10(2-6-12)9-27-16-24-23-15(28-16)22-14(25)11-3-7-13(8-4-11)26-17(19,20)21/h1-8H,9H2,(H,22,23,25). The highest BCUT2D eigenvalue weighted by Gasteiger charge is 2.31. The van der Waals surface area contributed by atoms with Gasteiger partial charge in [0.1, 0.15) is 11.6 Å². The molecular formula is C17H11F4N3O2S2. The number of carbonyl (C=O) groups is 1. The van der Waals surface area contributed by atoms with Gasteiger partial charge < -0.3 is 4.74 Å². The van der Waals surface area contributed by atoms with Crippen LogP contribution in [0.2, 0.25) is 0 Å². The lowest BCUT2D eigenvalue weighted by Crippen LogP contribution is -2.17. The zero-order chi connectivity index (χ0) is 20.1. The van der Waals surface area contributed by atoms with Crippen molar-refractivity contribution in [1.82, 2.24) is 10.2 Å². The van der Waals surface area contributed by atoms with Gasteiger partial charge in [0.05, 0.1) is 0 Å². The van der Waals surface area contributed by atoms with Gasteiger partial charge in [-0.3, -0.25) is 10.1 Å². The third kappa shape index (κ3) is 5.92. The Hall–Kier alpha value is -2.66. The summed E-state index contributed by atoms with van der Waals surface area (Å²) in [5.74, 6) is -0.708. The molecule has 0 fully saturated rings. The molecule has 0 aliphatic rings. The van der Waals surface area contributed by atoms with E-state index in [0.29, 0.717) is 10.1 Å². The van der Waals surface area contributed by atoms with Crippen LogP contribution in [0.3, 0.4) is 0 Å². The number of thioether (sulfide) groups is 1. The number of aromatic nitrogens is 2. The van der Waals surface area contributed by atoms with Crippen molar-refractivity contribution < 1.29 is 27.1 Å². The van der Waals surface area contributed by atoms with Gasteiger partial charge >= 0.3 is 6.36 Å². The van der Waals surface area contributed by atoms with Crippen LogP contribution in [0.5, 0.6) is 5.75 Å². The predicted octanol–water partition coefficient (Wildman–Crippen LogP) is 5.12. The maximum Gasteiger partial charge on any atom is 0.573 e. The molecule has 146 valence electrons. The Bertz CT molecular complexity index is 944. The summed E-state index contributed by atoms with van der Waals surface area (Å²) in [5, 5.41) is 10.6. The first-order valence-electron chi connectivity index (χ1n) is 7.66. The van der Waals surface area contributed by atoms with Gasteiger partial charge in [-0.15, -0.1) is 23.4 Å². The topological polar surface area (TPSA) is 64.1 Å². The number of ether oxygens (including phenoxy) is 1. The highest BCUT2D eigenvalue weighted by molar-refractivity contribution is 8.00. The Labute approximate surface area is 164 Å². The number of carbonyl (C=O) groups excluding carboxylic acids is 1. The van der Waals surface area contributed by atoms with Gasteiger partial charge in [0, 0.05) is 11.3 Å². The number of amides is 1. The van der Waals surface area contributed by atoms with Crippen molar-refractivity contribution in [3.63, 3.8) is 0 Å². The average molecular weight is 429 g/mol. The highest BCUT2D eigenvalue weighted by Crippen LogP contribution is 2.29. The SMILES string of the molecule is O=C(Nc1nnc(SCc2ccc(F)cc2)s1)c1ccc(OC(F)(F)F)cc1. The van der Waals surface area contributed by atoms with E-state index in [1.54, 1.807) is 12.1 Å². The van der Waals surface area contributed by atoms with Crippen molar-refractivity contribution in [1.29, 1.82) is 0 Å². The second-order valence-corrected chi connectivity index (χ2v) is 7.51. The van der Waals surface area contributed by atoms with Crippen LogP contribution in [0.4, 0.5) is 22.7 Å². The third-order valence-electron chi connectivity index (χ3n) is 3.25. The van der Waals surface area contributed by atoms with E-state index in [1.165, 1.54) is 36.0 Å². The molecule has 0 atom stereocenters. The molecule has 0 radical (unpaired) electrons. The number of alkyl halides is 3. The van der Waals surface area contributed by atoms with Crippen molar-refractivity contribution in [2.75, 3.05) is 5.32 Å². The molecule has 0 aliphatic heterocycles. The first kappa shape index (κ1) is 20.1. The monoisotopic (exact) mass is 429 g/mol. The second-order valence-electron chi connectivity index (χ2n) is 5.31. The number of nitrogens with one attached hydrogen (secondary N) is 1.